The van der Waals surface area contributed by atoms with E-state index in [1.165, 1.54) is 22.3 Å². The lowest BCUT2D eigenvalue weighted by Crippen LogP contribution is -2.41. The first-order chi connectivity index (χ1) is 13.1. The Kier molecular flexibility index (Phi) is 7.29. The van der Waals surface area contributed by atoms with E-state index in [-0.39, 0.29) is 10.8 Å². The molecule has 28 heavy (non-hydrogen) atoms. The van der Waals surface area contributed by atoms with Crippen LogP contribution in [0.5, 0.6) is 0 Å². The first-order valence-electron chi connectivity index (χ1n) is 10.3. The van der Waals surface area contributed by atoms with Gasteiger partial charge < -0.3 is 4.98 Å². The summed E-state index contributed by atoms with van der Waals surface area (Å²) >= 11 is 0. The number of rotatable bonds is 3. The van der Waals surface area contributed by atoms with Gasteiger partial charge in [-0.1, -0.05) is 126 Å². The number of aromatic amines is 1. The third-order valence-electron chi connectivity index (χ3n) is 4.91. The number of nitrogens with one attached hydrogen (secondary N) is 1. The SMILES string of the molecule is CC(C)(C)c1nc[nH]c1C(C)(C)C.CCB(c1ccccc1)c1ccccc1. The molecular weight excluding hydrogens is 339 g/mol. The van der Waals surface area contributed by atoms with Crippen LogP contribution < -0.4 is 10.9 Å². The van der Waals surface area contributed by atoms with Crippen LogP contribution in [0, 0.1) is 0 Å². The van der Waals surface area contributed by atoms with E-state index in [9.17, 15) is 0 Å². The summed E-state index contributed by atoms with van der Waals surface area (Å²) in [6, 6.07) is 21.4. The first-order valence-corrected chi connectivity index (χ1v) is 10.3. The zero-order chi connectivity index (χ0) is 20.8. The largest absolute Gasteiger partial charge is 0.348 e. The maximum atomic E-state index is 4.40. The highest BCUT2D eigenvalue weighted by Gasteiger charge is 2.27. The highest BCUT2D eigenvalue weighted by atomic mass is 14.9. The van der Waals surface area contributed by atoms with E-state index < -0.39 is 0 Å². The van der Waals surface area contributed by atoms with Gasteiger partial charge in [0.25, 0.3) is 0 Å². The predicted molar refractivity (Wildman–Crippen MR) is 124 cm³/mol. The maximum absolute atomic E-state index is 4.40. The predicted octanol–water partition coefficient (Wildman–Crippen LogP) is 5.32. The van der Waals surface area contributed by atoms with Gasteiger partial charge in [0.05, 0.1) is 12.0 Å². The minimum atomic E-state index is 0.128. The third-order valence-corrected chi connectivity index (χ3v) is 4.91. The van der Waals surface area contributed by atoms with Gasteiger partial charge in [-0.25, -0.2) is 4.98 Å². The van der Waals surface area contributed by atoms with Crippen molar-refractivity contribution in [3.63, 3.8) is 0 Å². The molecule has 0 unspecified atom stereocenters. The topological polar surface area (TPSA) is 28.7 Å². The molecule has 1 aromatic heterocycles. The minimum absolute atomic E-state index is 0.128. The average Bonchev–Trinajstić information content (AvgIpc) is 3.16. The van der Waals surface area contributed by atoms with Crippen molar-refractivity contribution in [2.24, 2.45) is 0 Å². The molecule has 3 aromatic rings. The lowest BCUT2D eigenvalue weighted by atomic mass is 9.39. The van der Waals surface area contributed by atoms with E-state index in [4.69, 9.17) is 0 Å². The second-order valence-electron chi connectivity index (χ2n) is 9.41. The first kappa shape index (κ1) is 22.0. The molecule has 0 fully saturated rings. The van der Waals surface area contributed by atoms with Crippen molar-refractivity contribution in [1.29, 1.82) is 0 Å². The van der Waals surface area contributed by atoms with Crippen LogP contribution in [0.15, 0.2) is 67.0 Å². The molecule has 148 valence electrons. The number of benzene rings is 2. The van der Waals surface area contributed by atoms with Gasteiger partial charge in [0.2, 0.25) is 6.71 Å². The van der Waals surface area contributed by atoms with Crippen LogP contribution in [0.3, 0.4) is 0 Å². The molecule has 3 heteroatoms. The van der Waals surface area contributed by atoms with Gasteiger partial charge in [-0.2, -0.15) is 0 Å². The quantitative estimate of drug-likeness (QED) is 0.618. The molecule has 0 aliphatic rings. The van der Waals surface area contributed by atoms with Gasteiger partial charge >= 0.3 is 0 Å². The Morgan fingerprint density at radius 2 is 1.21 bits per heavy atom. The molecule has 1 N–H and O–H groups in total. The zero-order valence-corrected chi connectivity index (χ0v) is 18.6. The second kappa shape index (κ2) is 9.27. The Morgan fingerprint density at radius 3 is 1.54 bits per heavy atom. The van der Waals surface area contributed by atoms with E-state index in [0.717, 1.165) is 6.32 Å². The van der Waals surface area contributed by atoms with Crippen LogP contribution in [0.1, 0.15) is 59.9 Å². The van der Waals surface area contributed by atoms with Gasteiger partial charge in [0.1, 0.15) is 0 Å². The lowest BCUT2D eigenvalue weighted by molar-refractivity contribution is 0.512. The summed E-state index contributed by atoms with van der Waals surface area (Å²) in [6.45, 7) is 16.0. The number of aromatic nitrogens is 2. The molecule has 0 aliphatic heterocycles. The smallest absolute Gasteiger partial charge is 0.209 e. The van der Waals surface area contributed by atoms with Crippen molar-refractivity contribution < 1.29 is 0 Å². The summed E-state index contributed by atoms with van der Waals surface area (Å²) in [6.07, 6.45) is 2.94. The molecule has 3 rings (SSSR count). The number of imidazole rings is 1. The number of H-pyrrole nitrogens is 1. The monoisotopic (exact) mass is 374 g/mol. The summed E-state index contributed by atoms with van der Waals surface area (Å²) in [5.74, 6) is 0. The van der Waals surface area contributed by atoms with Gasteiger partial charge in [-0.05, 0) is 0 Å². The highest BCUT2D eigenvalue weighted by Crippen LogP contribution is 2.30. The molecule has 0 aliphatic carbocycles. The summed E-state index contributed by atoms with van der Waals surface area (Å²) in [5, 5.41) is 0. The second-order valence-corrected chi connectivity index (χ2v) is 9.41. The van der Waals surface area contributed by atoms with Crippen molar-refractivity contribution in [1.82, 2.24) is 9.97 Å². The van der Waals surface area contributed by atoms with Crippen molar-refractivity contribution >= 4 is 17.6 Å². The molecule has 2 aromatic carbocycles. The van der Waals surface area contributed by atoms with Crippen molar-refractivity contribution in [2.45, 2.75) is 65.6 Å². The summed E-state index contributed by atoms with van der Waals surface area (Å²) < 4.78 is 0. The van der Waals surface area contributed by atoms with E-state index >= 15 is 0 Å². The maximum Gasteiger partial charge on any atom is 0.209 e. The van der Waals surface area contributed by atoms with Crippen LogP contribution in [0.25, 0.3) is 0 Å². The molecular formula is C25H35BN2. The van der Waals surface area contributed by atoms with E-state index in [0.29, 0.717) is 6.71 Å². The molecule has 0 saturated carbocycles. The van der Waals surface area contributed by atoms with Crippen molar-refractivity contribution in [3.8, 4) is 0 Å². The molecule has 0 amide bonds. The molecule has 0 saturated heterocycles. The summed E-state index contributed by atoms with van der Waals surface area (Å²) in [5.41, 5.74) is 5.53. The molecule has 0 atom stereocenters. The molecule has 2 nitrogen and oxygen atoms in total. The van der Waals surface area contributed by atoms with E-state index in [2.05, 4.69) is 119 Å². The molecule has 1 heterocycles. The Hall–Kier alpha value is -2.29. The Balaban J connectivity index is 0.000000203. The molecule has 0 radical (unpaired) electrons. The molecule has 0 bridgehead atoms. The van der Waals surface area contributed by atoms with Crippen LogP contribution >= 0.6 is 0 Å². The Labute approximate surface area is 171 Å². The van der Waals surface area contributed by atoms with Gasteiger partial charge in [0.15, 0.2) is 0 Å². The minimum Gasteiger partial charge on any atom is -0.348 e. The highest BCUT2D eigenvalue weighted by molar-refractivity contribution is 6.85. The van der Waals surface area contributed by atoms with Crippen molar-refractivity contribution in [2.75, 3.05) is 0 Å². The van der Waals surface area contributed by atoms with Crippen LogP contribution in [-0.2, 0) is 10.8 Å². The number of hydrogen-bond acceptors (Lipinski definition) is 1. The normalized spacial score (nSPS) is 11.5. The number of nitrogens with zero attached hydrogens (tertiary/aromatic N) is 1. The number of hydrogen-bond donors (Lipinski definition) is 1. The fraction of sp³-hybridized carbons (Fsp3) is 0.400. The Morgan fingerprint density at radius 1 is 0.750 bits per heavy atom. The Bertz CT molecular complexity index is 756. The standard InChI is InChI=1S/C14H15B.C11H20N2/c1-2-15(13-9-5-3-6-10-13)14-11-7-4-8-12-14;1-10(2,3)8-9(11(4,5)6)13-7-12-8/h3-12H,2H2,1H3;7H,1-6H3,(H,12,13). The fourth-order valence-electron chi connectivity index (χ4n) is 3.47. The van der Waals surface area contributed by atoms with Gasteiger partial charge in [-0.15, -0.1) is 0 Å². The molecule has 0 spiro atoms. The summed E-state index contributed by atoms with van der Waals surface area (Å²) in [7, 11) is 0. The average molecular weight is 374 g/mol. The van der Waals surface area contributed by atoms with Crippen LogP contribution in [0.2, 0.25) is 6.32 Å². The third kappa shape index (κ3) is 5.86. The van der Waals surface area contributed by atoms with Crippen molar-refractivity contribution in [3.05, 3.63) is 78.4 Å². The van der Waals surface area contributed by atoms with E-state index in [1.54, 1.807) is 6.33 Å². The summed E-state index contributed by atoms with van der Waals surface area (Å²) in [4.78, 5) is 7.64. The van der Waals surface area contributed by atoms with E-state index in [1.807, 2.05) is 0 Å². The lowest BCUT2D eigenvalue weighted by Gasteiger charge is -2.24. The van der Waals surface area contributed by atoms with Crippen LogP contribution in [-0.4, -0.2) is 16.7 Å². The fourth-order valence-corrected chi connectivity index (χ4v) is 3.47. The van der Waals surface area contributed by atoms with Gasteiger partial charge in [0, 0.05) is 16.5 Å². The van der Waals surface area contributed by atoms with Crippen LogP contribution in [0.4, 0.5) is 0 Å². The zero-order valence-electron chi connectivity index (χ0n) is 18.6. The van der Waals surface area contributed by atoms with Gasteiger partial charge in [-0.3, -0.25) is 0 Å².